The minimum Gasteiger partial charge on any atom is -0.377 e. The molecule has 2 aromatic heterocycles. The van der Waals surface area contributed by atoms with Crippen LogP contribution in [0.2, 0.25) is 0 Å². The summed E-state index contributed by atoms with van der Waals surface area (Å²) in [6.07, 6.45) is 4.48. The number of rotatable bonds is 3. The van der Waals surface area contributed by atoms with E-state index < -0.39 is 0 Å². The number of nitrogens with one attached hydrogen (secondary N) is 1. The van der Waals surface area contributed by atoms with Crippen LogP contribution in [0.3, 0.4) is 0 Å². The van der Waals surface area contributed by atoms with Crippen LogP contribution >= 0.6 is 0 Å². The Bertz CT molecular complexity index is 609. The second-order valence-electron chi connectivity index (χ2n) is 4.17. The lowest BCUT2D eigenvalue weighted by Gasteiger charge is -2.15. The van der Waals surface area contributed by atoms with Crippen molar-refractivity contribution in [1.29, 1.82) is 0 Å². The second-order valence-corrected chi connectivity index (χ2v) is 4.17. The predicted octanol–water partition coefficient (Wildman–Crippen LogP) is 2.09. The molecule has 2 heterocycles. The van der Waals surface area contributed by atoms with E-state index in [1.807, 2.05) is 6.92 Å². The molecule has 0 amide bonds. The highest BCUT2D eigenvalue weighted by Gasteiger charge is 2.07. The van der Waals surface area contributed by atoms with Crippen LogP contribution in [0.4, 0.5) is 10.1 Å². The number of hydrogen-bond acceptors (Lipinski definition) is 3. The Morgan fingerprint density at radius 1 is 1.39 bits per heavy atom. The van der Waals surface area contributed by atoms with Gasteiger partial charge in [0.2, 0.25) is 5.56 Å². The molecule has 0 bridgehead atoms. The molecule has 0 saturated carbocycles. The van der Waals surface area contributed by atoms with Crippen molar-refractivity contribution in [2.45, 2.75) is 13.0 Å². The van der Waals surface area contributed by atoms with Gasteiger partial charge in [-0.05, 0) is 24.6 Å². The Kier molecular flexibility index (Phi) is 3.41. The maximum Gasteiger partial charge on any atom is 0.250 e. The van der Waals surface area contributed by atoms with Crippen molar-refractivity contribution in [2.24, 2.45) is 7.05 Å². The van der Waals surface area contributed by atoms with E-state index in [0.29, 0.717) is 0 Å². The average Bonchev–Trinajstić information content (AvgIpc) is 2.34. The highest BCUT2D eigenvalue weighted by Crippen LogP contribution is 2.17. The fraction of sp³-hybridized carbons (Fsp3) is 0.231. The summed E-state index contributed by atoms with van der Waals surface area (Å²) in [6, 6.07) is 4.53. The fourth-order valence-corrected chi connectivity index (χ4v) is 1.68. The molecule has 0 aliphatic rings. The summed E-state index contributed by atoms with van der Waals surface area (Å²) < 4.78 is 14.5. The molecule has 1 N–H and O–H groups in total. The van der Waals surface area contributed by atoms with Crippen LogP contribution in [-0.4, -0.2) is 9.55 Å². The first-order chi connectivity index (χ1) is 8.56. The predicted molar refractivity (Wildman–Crippen MR) is 67.9 cm³/mol. The van der Waals surface area contributed by atoms with Gasteiger partial charge in [0.1, 0.15) is 5.82 Å². The molecule has 18 heavy (non-hydrogen) atoms. The van der Waals surface area contributed by atoms with Crippen molar-refractivity contribution in [3.63, 3.8) is 0 Å². The Hall–Kier alpha value is -2.17. The Balaban J connectivity index is 2.18. The molecule has 2 rings (SSSR count). The molecular weight excluding hydrogens is 233 g/mol. The first-order valence-electron chi connectivity index (χ1n) is 5.60. The van der Waals surface area contributed by atoms with Gasteiger partial charge in [-0.2, -0.15) is 0 Å². The molecule has 0 saturated heterocycles. The molecule has 2 aromatic rings. The maximum absolute atomic E-state index is 13.0. The number of aromatic nitrogens is 2. The molecular formula is C13H14FN3O. The fourth-order valence-electron chi connectivity index (χ4n) is 1.68. The van der Waals surface area contributed by atoms with Crippen LogP contribution < -0.4 is 10.9 Å². The zero-order chi connectivity index (χ0) is 13.1. The van der Waals surface area contributed by atoms with Crippen molar-refractivity contribution in [1.82, 2.24) is 9.55 Å². The van der Waals surface area contributed by atoms with Crippen molar-refractivity contribution in [3.8, 4) is 0 Å². The van der Waals surface area contributed by atoms with Crippen molar-refractivity contribution in [3.05, 3.63) is 58.5 Å². The number of aryl methyl sites for hydroxylation is 1. The highest BCUT2D eigenvalue weighted by atomic mass is 19.1. The molecule has 0 fully saturated rings. The zero-order valence-corrected chi connectivity index (χ0v) is 10.2. The van der Waals surface area contributed by atoms with Crippen molar-refractivity contribution < 1.29 is 4.39 Å². The molecule has 1 unspecified atom stereocenters. The summed E-state index contributed by atoms with van der Waals surface area (Å²) in [5.74, 6) is -0.360. The molecule has 0 radical (unpaired) electrons. The zero-order valence-electron chi connectivity index (χ0n) is 10.2. The van der Waals surface area contributed by atoms with Gasteiger partial charge >= 0.3 is 0 Å². The molecule has 4 nitrogen and oxygen atoms in total. The lowest BCUT2D eigenvalue weighted by Crippen LogP contribution is -2.16. The molecule has 0 aliphatic carbocycles. The Morgan fingerprint density at radius 3 is 2.83 bits per heavy atom. The highest BCUT2D eigenvalue weighted by molar-refractivity contribution is 5.42. The summed E-state index contributed by atoms with van der Waals surface area (Å²) in [7, 11) is 1.68. The Labute approximate surface area is 104 Å². The van der Waals surface area contributed by atoms with Gasteiger partial charge in [0, 0.05) is 25.5 Å². The number of anilines is 1. The van der Waals surface area contributed by atoms with E-state index in [9.17, 15) is 9.18 Å². The third kappa shape index (κ3) is 2.74. The summed E-state index contributed by atoms with van der Waals surface area (Å²) >= 11 is 0. The first kappa shape index (κ1) is 12.3. The van der Waals surface area contributed by atoms with E-state index in [2.05, 4.69) is 10.3 Å². The minimum atomic E-state index is -0.360. The van der Waals surface area contributed by atoms with E-state index in [0.717, 1.165) is 11.3 Å². The molecule has 0 spiro atoms. The summed E-state index contributed by atoms with van der Waals surface area (Å²) in [6.45, 7) is 1.90. The van der Waals surface area contributed by atoms with Gasteiger partial charge in [0.25, 0.3) is 0 Å². The van der Waals surface area contributed by atoms with Gasteiger partial charge in [-0.1, -0.05) is 0 Å². The van der Waals surface area contributed by atoms with Crippen LogP contribution in [0, 0.1) is 5.82 Å². The second kappa shape index (κ2) is 5.00. The molecule has 5 heteroatoms. The third-order valence-corrected chi connectivity index (χ3v) is 2.70. The van der Waals surface area contributed by atoms with Gasteiger partial charge < -0.3 is 9.88 Å². The number of pyridine rings is 2. The Morgan fingerprint density at radius 2 is 2.17 bits per heavy atom. The smallest absolute Gasteiger partial charge is 0.250 e. The largest absolute Gasteiger partial charge is 0.377 e. The maximum atomic E-state index is 13.0. The van der Waals surface area contributed by atoms with Gasteiger partial charge in [-0.15, -0.1) is 0 Å². The minimum absolute atomic E-state index is 0.0689. The standard InChI is InChI=1S/C13H14FN3O/c1-9(10-5-11(14)7-15-6-10)16-12-3-4-13(18)17(2)8-12/h3-9,16H,1-2H3. The van der Waals surface area contributed by atoms with E-state index in [1.165, 1.54) is 22.9 Å². The third-order valence-electron chi connectivity index (χ3n) is 2.70. The van der Waals surface area contributed by atoms with E-state index >= 15 is 0 Å². The van der Waals surface area contributed by atoms with Crippen LogP contribution in [-0.2, 0) is 7.05 Å². The van der Waals surface area contributed by atoms with Gasteiger partial charge in [-0.3, -0.25) is 9.78 Å². The normalized spacial score (nSPS) is 12.2. The summed E-state index contributed by atoms with van der Waals surface area (Å²) in [5, 5.41) is 3.19. The van der Waals surface area contributed by atoms with Crippen LogP contribution in [0.5, 0.6) is 0 Å². The van der Waals surface area contributed by atoms with Crippen molar-refractivity contribution >= 4 is 5.69 Å². The molecule has 0 aromatic carbocycles. The van der Waals surface area contributed by atoms with Crippen LogP contribution in [0.15, 0.2) is 41.6 Å². The average molecular weight is 247 g/mol. The van der Waals surface area contributed by atoms with Gasteiger partial charge in [0.05, 0.1) is 17.9 Å². The van der Waals surface area contributed by atoms with Crippen molar-refractivity contribution in [2.75, 3.05) is 5.32 Å². The molecule has 94 valence electrons. The first-order valence-corrected chi connectivity index (χ1v) is 5.60. The van der Waals surface area contributed by atoms with Crippen LogP contribution in [0.1, 0.15) is 18.5 Å². The van der Waals surface area contributed by atoms with Gasteiger partial charge in [-0.25, -0.2) is 4.39 Å². The lowest BCUT2D eigenvalue weighted by molar-refractivity contribution is 0.616. The number of hydrogen-bond donors (Lipinski definition) is 1. The van der Waals surface area contributed by atoms with E-state index in [-0.39, 0.29) is 17.4 Å². The summed E-state index contributed by atoms with van der Waals surface area (Å²) in [4.78, 5) is 15.1. The topological polar surface area (TPSA) is 46.9 Å². The number of halogens is 1. The molecule has 0 aliphatic heterocycles. The van der Waals surface area contributed by atoms with Crippen LogP contribution in [0.25, 0.3) is 0 Å². The lowest BCUT2D eigenvalue weighted by atomic mass is 10.1. The van der Waals surface area contributed by atoms with E-state index in [1.54, 1.807) is 25.5 Å². The number of nitrogens with zero attached hydrogens (tertiary/aromatic N) is 2. The summed E-state index contributed by atoms with van der Waals surface area (Å²) in [5.41, 5.74) is 1.48. The van der Waals surface area contributed by atoms with Gasteiger partial charge in [0.15, 0.2) is 0 Å². The molecule has 1 atom stereocenters. The monoisotopic (exact) mass is 247 g/mol. The quantitative estimate of drug-likeness (QED) is 0.903. The SMILES string of the molecule is CC(Nc1ccc(=O)n(C)c1)c1cncc(F)c1. The van der Waals surface area contributed by atoms with E-state index in [4.69, 9.17) is 0 Å².